The van der Waals surface area contributed by atoms with Gasteiger partial charge in [-0.05, 0) is 366 Å². The van der Waals surface area contributed by atoms with Gasteiger partial charge in [-0.1, -0.05) is 127 Å². The quantitative estimate of drug-likeness (QED) is 0.165. The topological polar surface area (TPSA) is 0 Å². The summed E-state index contributed by atoms with van der Waals surface area (Å²) in [5.41, 5.74) is 43.4. The smallest absolute Gasteiger partial charge is 0.0129 e. The second-order valence-corrected chi connectivity index (χ2v) is 24.4. The van der Waals surface area contributed by atoms with Gasteiger partial charge in [-0.3, -0.25) is 0 Å². The minimum Gasteiger partial charge on any atom is -0.0613 e. The maximum atomic E-state index is 2.33. The zero-order valence-corrected chi connectivity index (χ0v) is 57.3. The van der Waals surface area contributed by atoms with Crippen LogP contribution in [0, 0.1) is 173 Å². The highest BCUT2D eigenvalue weighted by Crippen LogP contribution is 2.27. The molecule has 0 bridgehead atoms. The van der Waals surface area contributed by atoms with Crippen LogP contribution in [0.25, 0.3) is 0 Å². The third-order valence-electron chi connectivity index (χ3n) is 17.9. The van der Waals surface area contributed by atoms with Crippen molar-refractivity contribution in [3.05, 3.63) is 240 Å². The fourth-order valence-corrected chi connectivity index (χ4v) is 10.5. The molecule has 0 aliphatic rings. The largest absolute Gasteiger partial charge is 0.0613 e. The zero-order valence-electron chi connectivity index (χ0n) is 57.3. The summed E-state index contributed by atoms with van der Waals surface area (Å²) in [5, 5.41) is 0. The highest BCUT2D eigenvalue weighted by molar-refractivity contribution is 5.49. The Kier molecular flexibility index (Phi) is 29.6. The van der Waals surface area contributed by atoms with Gasteiger partial charge in [0.1, 0.15) is 0 Å². The molecule has 0 fully saturated rings. The van der Waals surface area contributed by atoms with Crippen LogP contribution in [0.15, 0.2) is 72.8 Å². The van der Waals surface area contributed by atoms with E-state index in [0.717, 1.165) is 25.7 Å². The lowest BCUT2D eigenvalue weighted by Crippen LogP contribution is -2.13. The maximum Gasteiger partial charge on any atom is -0.0129 e. The van der Waals surface area contributed by atoms with Crippen molar-refractivity contribution in [2.24, 2.45) is 0 Å². The molecule has 0 nitrogen and oxygen atoms in total. The van der Waals surface area contributed by atoms with Crippen molar-refractivity contribution in [3.63, 3.8) is 0 Å². The van der Waals surface area contributed by atoms with Crippen LogP contribution in [-0.2, 0) is 31.1 Å². The van der Waals surface area contributed by atoms with Gasteiger partial charge in [-0.2, -0.15) is 0 Å². The monoisotopic (exact) mass is 1060 g/mol. The van der Waals surface area contributed by atoms with Crippen molar-refractivity contribution in [2.45, 2.75) is 253 Å². The van der Waals surface area contributed by atoms with Gasteiger partial charge in [0.2, 0.25) is 0 Å². The molecule has 0 radical (unpaired) electrons. The minimum absolute atomic E-state index is 0.274. The highest BCUT2D eigenvalue weighted by Gasteiger charge is 2.16. The fraction of sp³-hybridized carbons (Fsp3) is 0.468. The van der Waals surface area contributed by atoms with Crippen molar-refractivity contribution < 1.29 is 0 Å². The molecule has 0 N–H and O–H groups in total. The summed E-state index contributed by atoms with van der Waals surface area (Å²) in [5.74, 6) is 0. The summed E-state index contributed by atoms with van der Waals surface area (Å²) in [6, 6.07) is 26.9. The first kappa shape index (κ1) is 71.6. The Hall–Kier alpha value is -5.46. The summed E-state index contributed by atoms with van der Waals surface area (Å²) in [4.78, 5) is 0. The maximum absolute atomic E-state index is 2.33. The standard InChI is InChI=1S/4C12H18.C11H16.2C10H14/c1-9-6-7-10(2)11(8-9)12(3,4)5;1-7-8(2)10(4)12(6)11(5)9(7)3;1-5-11-7-10(4)12(6-2)8-9(11)3;1-5-11-9(3)7-8-10(4)12(11)6-2;1-7-6-8(2)10(4)11(5)9(7)3;1-7-5-9(3)10(4)6-8(7)2;1-7-5-6-8(2)10(4)9(7)3/h6-8H,1-5H3;1-6H3;2*7-8H,5-6H2,1-4H3;6H,1-5H3;2*5-6H,1-4H3. The molecule has 0 heteroatoms. The summed E-state index contributed by atoms with van der Waals surface area (Å²) in [6.07, 6.45) is 4.63. The van der Waals surface area contributed by atoms with Gasteiger partial charge in [0.05, 0.1) is 0 Å². The fourth-order valence-electron chi connectivity index (χ4n) is 10.5. The normalized spacial score (nSPS) is 10.5. The van der Waals surface area contributed by atoms with Crippen molar-refractivity contribution in [1.82, 2.24) is 0 Å². The molecule has 0 spiro atoms. The molecule has 0 unspecified atom stereocenters. The van der Waals surface area contributed by atoms with Crippen LogP contribution in [0.1, 0.15) is 215 Å². The lowest BCUT2D eigenvalue weighted by molar-refractivity contribution is 0.585. The summed E-state index contributed by atoms with van der Waals surface area (Å²) in [7, 11) is 0. The lowest BCUT2D eigenvalue weighted by Gasteiger charge is -2.22. The molecule has 7 aromatic carbocycles. The Labute approximate surface area is 489 Å². The molecule has 432 valence electrons. The number of benzene rings is 7. The van der Waals surface area contributed by atoms with E-state index in [9.17, 15) is 0 Å². The number of rotatable bonds is 4. The Bertz CT molecular complexity index is 2830. The Morgan fingerprint density at radius 1 is 0.228 bits per heavy atom. The average molecular weight is 1070 g/mol. The van der Waals surface area contributed by atoms with Crippen LogP contribution >= 0.6 is 0 Å². The first-order valence-corrected chi connectivity index (χ1v) is 29.9. The van der Waals surface area contributed by atoms with Gasteiger partial charge in [-0.25, -0.2) is 0 Å². The van der Waals surface area contributed by atoms with Crippen LogP contribution < -0.4 is 0 Å². The van der Waals surface area contributed by atoms with Gasteiger partial charge in [0.25, 0.3) is 0 Å². The van der Waals surface area contributed by atoms with E-state index < -0.39 is 0 Å². The molecular weight excluding hydrogens is 949 g/mol. The number of hydrogen-bond acceptors (Lipinski definition) is 0. The minimum atomic E-state index is 0.274. The van der Waals surface area contributed by atoms with Gasteiger partial charge in [0.15, 0.2) is 0 Å². The first-order valence-electron chi connectivity index (χ1n) is 29.9. The Morgan fingerprint density at radius 3 is 0.747 bits per heavy atom. The summed E-state index contributed by atoms with van der Waals surface area (Å²) < 4.78 is 0. The average Bonchev–Trinajstić information content (AvgIpc) is 3.40. The van der Waals surface area contributed by atoms with E-state index >= 15 is 0 Å². The van der Waals surface area contributed by atoms with Crippen molar-refractivity contribution in [2.75, 3.05) is 0 Å². The summed E-state index contributed by atoms with van der Waals surface area (Å²) in [6.45, 7) is 70.3. The SMILES string of the molecule is CCc1c(C)ccc(C)c1CC.CCc1cc(C)c(CC)cc1C.Cc1c(C)c(C)c(C)c(C)c1C.Cc1cc(C)c(C)c(C)c1C.Cc1cc(C)c(C)cc1C.Cc1ccc(C)c(C(C)(C)C)c1.Cc1ccc(C)c(C)c1C. The third kappa shape index (κ3) is 20.9. The first-order chi connectivity index (χ1) is 36.5. The van der Waals surface area contributed by atoms with E-state index in [4.69, 9.17) is 0 Å². The van der Waals surface area contributed by atoms with Crippen LogP contribution in [0.3, 0.4) is 0 Å². The highest BCUT2D eigenvalue weighted by atomic mass is 14.2. The lowest BCUT2D eigenvalue weighted by atomic mass is 9.83. The van der Waals surface area contributed by atoms with Gasteiger partial charge >= 0.3 is 0 Å². The molecular formula is C79H116. The van der Waals surface area contributed by atoms with Crippen LogP contribution in [-0.4, -0.2) is 0 Å². The molecule has 0 atom stereocenters. The molecule has 0 aliphatic heterocycles. The van der Waals surface area contributed by atoms with Gasteiger partial charge in [0, 0.05) is 0 Å². The van der Waals surface area contributed by atoms with Crippen LogP contribution in [0.2, 0.25) is 0 Å². The van der Waals surface area contributed by atoms with Gasteiger partial charge in [-0.15, -0.1) is 0 Å². The molecule has 0 aliphatic carbocycles. The zero-order chi connectivity index (χ0) is 61.1. The molecule has 0 saturated heterocycles. The van der Waals surface area contributed by atoms with E-state index in [-0.39, 0.29) is 5.41 Å². The Morgan fingerprint density at radius 2 is 0.481 bits per heavy atom. The molecule has 79 heavy (non-hydrogen) atoms. The molecule has 0 aromatic heterocycles. The predicted octanol–water partition coefficient (Wildman–Crippen LogP) is 23.1. The molecule has 7 rings (SSSR count). The molecule has 0 saturated carbocycles. The molecule has 0 heterocycles. The van der Waals surface area contributed by atoms with E-state index in [0.29, 0.717) is 0 Å². The molecule has 0 amide bonds. The van der Waals surface area contributed by atoms with E-state index in [1.165, 1.54) is 156 Å². The number of hydrogen-bond donors (Lipinski definition) is 0. The number of aryl methyl sites for hydroxylation is 16. The van der Waals surface area contributed by atoms with Gasteiger partial charge < -0.3 is 0 Å². The molecule has 7 aromatic rings. The second kappa shape index (κ2) is 32.7. The van der Waals surface area contributed by atoms with Crippen LogP contribution in [0.5, 0.6) is 0 Å². The van der Waals surface area contributed by atoms with Crippen molar-refractivity contribution in [3.8, 4) is 0 Å². The van der Waals surface area contributed by atoms with E-state index in [1.54, 1.807) is 11.1 Å². The second-order valence-electron chi connectivity index (χ2n) is 24.4. The summed E-state index contributed by atoms with van der Waals surface area (Å²) >= 11 is 0. The predicted molar refractivity (Wildman–Crippen MR) is 360 cm³/mol. The van der Waals surface area contributed by atoms with Crippen LogP contribution in [0.4, 0.5) is 0 Å². The Balaban J connectivity index is 0.000000461. The van der Waals surface area contributed by atoms with Crippen molar-refractivity contribution >= 4 is 0 Å². The third-order valence-corrected chi connectivity index (χ3v) is 17.9. The van der Waals surface area contributed by atoms with Crippen molar-refractivity contribution in [1.29, 1.82) is 0 Å². The van der Waals surface area contributed by atoms with E-state index in [2.05, 4.69) is 294 Å². The van der Waals surface area contributed by atoms with E-state index in [1.807, 2.05) is 0 Å².